The van der Waals surface area contributed by atoms with Crippen molar-refractivity contribution in [2.24, 2.45) is 5.92 Å². The molecule has 1 aliphatic heterocycles. The van der Waals surface area contributed by atoms with Crippen LogP contribution in [0.15, 0.2) is 20.0 Å². The smallest absolute Gasteiger partial charge is 0.247 e. The quantitative estimate of drug-likeness (QED) is 0.738. The minimum atomic E-state index is -3.50. The fourth-order valence-electron chi connectivity index (χ4n) is 2.57. The third-order valence-electron chi connectivity index (χ3n) is 3.84. The lowest BCUT2D eigenvalue weighted by Gasteiger charge is -2.19. The van der Waals surface area contributed by atoms with E-state index in [-0.39, 0.29) is 15.4 Å². The standard InChI is InChI=1S/C13H19BrClNO3S/c1-2-10-4-3-6-16(7-5-10)20(17,18)12-8-11(9-15)19-13(12)14/h8,10H,2-7,9H2,1H3. The van der Waals surface area contributed by atoms with Crippen molar-refractivity contribution in [3.63, 3.8) is 0 Å². The van der Waals surface area contributed by atoms with Crippen molar-refractivity contribution >= 4 is 37.6 Å². The summed E-state index contributed by atoms with van der Waals surface area (Å²) < 4.78 is 32.5. The van der Waals surface area contributed by atoms with E-state index in [0.29, 0.717) is 24.8 Å². The molecule has 0 aromatic carbocycles. The minimum Gasteiger partial charge on any atom is -0.452 e. The van der Waals surface area contributed by atoms with Crippen LogP contribution in [0.5, 0.6) is 0 Å². The number of halogens is 2. The van der Waals surface area contributed by atoms with Gasteiger partial charge in [-0.25, -0.2) is 8.42 Å². The van der Waals surface area contributed by atoms with Crippen LogP contribution in [-0.4, -0.2) is 25.8 Å². The topological polar surface area (TPSA) is 50.5 Å². The molecule has 0 aliphatic carbocycles. The maximum absolute atomic E-state index is 12.7. The summed E-state index contributed by atoms with van der Waals surface area (Å²) in [5, 5.41) is 0. The molecule has 114 valence electrons. The fourth-order valence-corrected chi connectivity index (χ4v) is 5.15. The number of hydrogen-bond acceptors (Lipinski definition) is 3. The number of rotatable bonds is 4. The Bertz CT molecular complexity index is 558. The molecule has 7 heteroatoms. The first-order valence-electron chi connectivity index (χ1n) is 6.83. The first-order valence-corrected chi connectivity index (χ1v) is 9.60. The molecule has 0 radical (unpaired) electrons. The highest BCUT2D eigenvalue weighted by Gasteiger charge is 2.31. The molecule has 4 nitrogen and oxygen atoms in total. The van der Waals surface area contributed by atoms with Gasteiger partial charge in [0.05, 0.1) is 5.88 Å². The highest BCUT2D eigenvalue weighted by atomic mass is 79.9. The Kier molecular flexibility index (Phi) is 5.56. The van der Waals surface area contributed by atoms with E-state index in [1.54, 1.807) is 4.31 Å². The van der Waals surface area contributed by atoms with Crippen LogP contribution in [0.1, 0.15) is 38.4 Å². The van der Waals surface area contributed by atoms with Crippen LogP contribution in [-0.2, 0) is 15.9 Å². The molecule has 0 saturated carbocycles. The first-order chi connectivity index (χ1) is 9.48. The zero-order chi connectivity index (χ0) is 14.8. The van der Waals surface area contributed by atoms with E-state index in [1.165, 1.54) is 6.07 Å². The normalized spacial score (nSPS) is 21.9. The van der Waals surface area contributed by atoms with E-state index in [4.69, 9.17) is 16.0 Å². The molecule has 0 spiro atoms. The second-order valence-corrected chi connectivity index (χ2v) is 7.99. The van der Waals surface area contributed by atoms with Crippen LogP contribution in [0, 0.1) is 5.92 Å². The fraction of sp³-hybridized carbons (Fsp3) is 0.692. The van der Waals surface area contributed by atoms with E-state index in [0.717, 1.165) is 25.7 Å². The van der Waals surface area contributed by atoms with Gasteiger partial charge >= 0.3 is 0 Å². The first kappa shape index (κ1) is 16.3. The summed E-state index contributed by atoms with van der Waals surface area (Å²) in [5.41, 5.74) is 0. The van der Waals surface area contributed by atoms with Crippen molar-refractivity contribution in [3.8, 4) is 0 Å². The average molecular weight is 385 g/mol. The Morgan fingerprint density at radius 2 is 2.20 bits per heavy atom. The second-order valence-electron chi connectivity index (χ2n) is 5.09. The van der Waals surface area contributed by atoms with E-state index in [9.17, 15) is 8.42 Å². The number of sulfonamides is 1. The van der Waals surface area contributed by atoms with Crippen LogP contribution in [0.3, 0.4) is 0 Å². The third kappa shape index (κ3) is 3.40. The maximum Gasteiger partial charge on any atom is 0.247 e. The van der Waals surface area contributed by atoms with Crippen molar-refractivity contribution in [3.05, 3.63) is 16.5 Å². The molecule has 0 amide bonds. The Labute approximate surface area is 133 Å². The molecule has 1 aromatic rings. The molecule has 0 bridgehead atoms. The number of alkyl halides is 1. The Balaban J connectivity index is 2.23. The summed E-state index contributed by atoms with van der Waals surface area (Å²) in [6, 6.07) is 1.51. The van der Waals surface area contributed by atoms with E-state index in [1.807, 2.05) is 0 Å². The number of hydrogen-bond donors (Lipinski definition) is 0. The van der Waals surface area contributed by atoms with Gasteiger partial charge in [0.15, 0.2) is 4.67 Å². The van der Waals surface area contributed by atoms with Gasteiger partial charge in [-0.1, -0.05) is 13.3 Å². The zero-order valence-electron chi connectivity index (χ0n) is 11.4. The summed E-state index contributed by atoms with van der Waals surface area (Å²) in [6.45, 7) is 3.32. The Morgan fingerprint density at radius 3 is 2.80 bits per heavy atom. The third-order valence-corrected chi connectivity index (χ3v) is 6.86. The maximum atomic E-state index is 12.7. The van der Waals surface area contributed by atoms with E-state index in [2.05, 4.69) is 22.9 Å². The minimum absolute atomic E-state index is 0.159. The van der Waals surface area contributed by atoms with Gasteiger partial charge in [-0.15, -0.1) is 11.6 Å². The predicted molar refractivity (Wildman–Crippen MR) is 82.4 cm³/mol. The lowest BCUT2D eigenvalue weighted by atomic mass is 9.98. The molecule has 1 saturated heterocycles. The van der Waals surface area contributed by atoms with Gasteiger partial charge in [0.2, 0.25) is 10.0 Å². The molecule has 1 unspecified atom stereocenters. The van der Waals surface area contributed by atoms with Crippen LogP contribution in [0.2, 0.25) is 0 Å². The summed E-state index contributed by atoms with van der Waals surface area (Å²) in [4.78, 5) is 0.183. The van der Waals surface area contributed by atoms with E-state index >= 15 is 0 Å². The van der Waals surface area contributed by atoms with Crippen molar-refractivity contribution in [1.29, 1.82) is 0 Å². The monoisotopic (exact) mass is 383 g/mol. The molecular weight excluding hydrogens is 366 g/mol. The van der Waals surface area contributed by atoms with Crippen LogP contribution < -0.4 is 0 Å². The van der Waals surface area contributed by atoms with Crippen molar-refractivity contribution in [2.45, 2.75) is 43.4 Å². The molecule has 20 heavy (non-hydrogen) atoms. The predicted octanol–water partition coefficient (Wildman–Crippen LogP) is 3.98. The summed E-state index contributed by atoms with van der Waals surface area (Å²) in [7, 11) is -3.50. The van der Waals surface area contributed by atoms with Gasteiger partial charge in [0.25, 0.3) is 0 Å². The van der Waals surface area contributed by atoms with Crippen molar-refractivity contribution < 1.29 is 12.8 Å². The van der Waals surface area contributed by atoms with Gasteiger partial charge in [-0.3, -0.25) is 0 Å². The van der Waals surface area contributed by atoms with Crippen molar-refractivity contribution in [2.75, 3.05) is 13.1 Å². The molecule has 1 aromatic heterocycles. The van der Waals surface area contributed by atoms with Crippen molar-refractivity contribution in [1.82, 2.24) is 4.31 Å². The average Bonchev–Trinajstić information content (AvgIpc) is 2.66. The van der Waals surface area contributed by atoms with Gasteiger partial charge in [0.1, 0.15) is 10.7 Å². The van der Waals surface area contributed by atoms with E-state index < -0.39 is 10.0 Å². The molecule has 0 N–H and O–H groups in total. The molecule has 1 fully saturated rings. The zero-order valence-corrected chi connectivity index (χ0v) is 14.6. The Morgan fingerprint density at radius 1 is 1.45 bits per heavy atom. The summed E-state index contributed by atoms with van der Waals surface area (Å²) in [6.07, 6.45) is 4.05. The molecule has 1 aliphatic rings. The molecule has 2 rings (SSSR count). The molecular formula is C13H19BrClNO3S. The van der Waals surface area contributed by atoms with Crippen LogP contribution >= 0.6 is 27.5 Å². The van der Waals surface area contributed by atoms with Crippen LogP contribution in [0.4, 0.5) is 0 Å². The largest absolute Gasteiger partial charge is 0.452 e. The lowest BCUT2D eigenvalue weighted by Crippen LogP contribution is -2.32. The lowest BCUT2D eigenvalue weighted by molar-refractivity contribution is 0.406. The van der Waals surface area contributed by atoms with Gasteiger partial charge in [0, 0.05) is 19.2 Å². The van der Waals surface area contributed by atoms with Gasteiger partial charge < -0.3 is 4.42 Å². The summed E-state index contributed by atoms with van der Waals surface area (Å²) >= 11 is 8.86. The molecule has 2 heterocycles. The Hall–Kier alpha value is -0.0400. The summed E-state index contributed by atoms with van der Waals surface area (Å²) in [5.74, 6) is 1.24. The molecule has 1 atom stereocenters. The second kappa shape index (κ2) is 6.81. The van der Waals surface area contributed by atoms with Crippen LogP contribution in [0.25, 0.3) is 0 Å². The van der Waals surface area contributed by atoms with Gasteiger partial charge in [-0.2, -0.15) is 4.31 Å². The highest BCUT2D eigenvalue weighted by Crippen LogP contribution is 2.31. The van der Waals surface area contributed by atoms with Gasteiger partial charge in [-0.05, 0) is 41.1 Å². The highest BCUT2D eigenvalue weighted by molar-refractivity contribution is 9.10. The number of furan rings is 1. The SMILES string of the molecule is CCC1CCCN(S(=O)(=O)c2cc(CCl)oc2Br)CC1. The number of nitrogens with zero attached hydrogens (tertiary/aromatic N) is 1.